The highest BCUT2D eigenvalue weighted by atomic mass is 35.5. The van der Waals surface area contributed by atoms with Crippen LogP contribution in [0, 0.1) is 5.92 Å². The van der Waals surface area contributed by atoms with Crippen molar-refractivity contribution in [1.29, 1.82) is 0 Å². The Morgan fingerprint density at radius 2 is 1.22 bits per heavy atom. The number of hydrogen-bond acceptors (Lipinski definition) is 15. The zero-order valence-electron chi connectivity index (χ0n) is 50.0. The number of imide groups is 1. The number of carbonyl (C=O) groups is 9. The first-order valence-corrected chi connectivity index (χ1v) is 29.5. The predicted molar refractivity (Wildman–Crippen MR) is 333 cm³/mol. The molecule has 0 bridgehead atoms. The highest BCUT2D eigenvalue weighted by Crippen LogP contribution is 2.21. The Labute approximate surface area is 517 Å². The molecule has 0 aliphatic carbocycles. The van der Waals surface area contributed by atoms with Crippen molar-refractivity contribution in [2.24, 2.45) is 33.8 Å². The number of benzene rings is 4. The number of aldehydes is 1. The van der Waals surface area contributed by atoms with Crippen molar-refractivity contribution < 1.29 is 53.4 Å². The minimum atomic E-state index is -1.96. The number of nitrogens with zero attached hydrogens (tertiary/aromatic N) is 4. The second-order valence-electron chi connectivity index (χ2n) is 22.0. The van der Waals surface area contributed by atoms with Gasteiger partial charge >= 0.3 is 0 Å². The number of halogens is 1. The number of amides is 8. The van der Waals surface area contributed by atoms with Gasteiger partial charge in [0, 0.05) is 57.2 Å². The number of aliphatic imine (C=N–C) groups is 1. The van der Waals surface area contributed by atoms with E-state index in [1.165, 1.54) is 43.4 Å². The number of aliphatic hydroxyl groups excluding tert-OH is 1. The number of likely N-dealkylation sites (N-methyl/N-ethyl adjacent to an activating group) is 1. The molecule has 472 valence electrons. The summed E-state index contributed by atoms with van der Waals surface area (Å²) in [5, 5.41) is 36.6. The minimum Gasteiger partial charge on any atom is -0.508 e. The van der Waals surface area contributed by atoms with E-state index in [0.717, 1.165) is 16.3 Å². The molecule has 0 radical (unpaired) electrons. The van der Waals surface area contributed by atoms with E-state index < -0.39 is 102 Å². The Kier molecular flexibility index (Phi) is 27.9. The molecule has 1 heterocycles. The Morgan fingerprint density at radius 3 is 1.82 bits per heavy atom. The summed E-state index contributed by atoms with van der Waals surface area (Å²) < 4.78 is 0. The number of aromatic hydroxyl groups is 1. The van der Waals surface area contributed by atoms with Gasteiger partial charge in [-0.2, -0.15) is 0 Å². The zero-order valence-corrected chi connectivity index (χ0v) is 50.7. The van der Waals surface area contributed by atoms with Gasteiger partial charge in [0.2, 0.25) is 35.4 Å². The molecule has 1 aromatic heterocycles. The SMILES string of the molecule is CC(=O)N(C)[C@@H](Cc1ccc(O)cc1)C(=O)N[C@H](CCCN=C(N)N)C(=O)N[C@@H](CC(C)C)C(=O)N(C(=O)[C@H](CO)NC(=O)[C@H](Cc1cccnc1)NC(=O)[C@H](Cc1ccc(Cl)cc1)NC(=O)[C@@H](N)Cc1ccc2ccccc2c1)[C@H](C=O)CCCCN. The van der Waals surface area contributed by atoms with E-state index in [-0.39, 0.29) is 88.5 Å². The summed E-state index contributed by atoms with van der Waals surface area (Å²) in [5.74, 6) is -7.65. The van der Waals surface area contributed by atoms with Crippen LogP contribution in [0.3, 0.4) is 0 Å². The number of phenols is 1. The van der Waals surface area contributed by atoms with E-state index in [1.807, 2.05) is 42.5 Å². The van der Waals surface area contributed by atoms with Crippen LogP contribution in [0.4, 0.5) is 0 Å². The minimum absolute atomic E-state index is 0.0241. The first-order valence-electron chi connectivity index (χ1n) is 29.1. The quantitative estimate of drug-likeness (QED) is 0.0121. The van der Waals surface area contributed by atoms with Gasteiger partial charge in [0.1, 0.15) is 48.3 Å². The molecule has 0 spiro atoms. The Balaban J connectivity index is 1.46. The van der Waals surface area contributed by atoms with Crippen LogP contribution in [0.2, 0.25) is 5.02 Å². The molecule has 8 atom stereocenters. The maximum absolute atomic E-state index is 15.2. The molecular formula is C63H82ClN13O11. The highest BCUT2D eigenvalue weighted by Gasteiger charge is 2.41. The van der Waals surface area contributed by atoms with E-state index >= 15 is 9.59 Å². The van der Waals surface area contributed by atoms with Gasteiger partial charge in [-0.1, -0.05) is 98.2 Å². The van der Waals surface area contributed by atoms with Crippen molar-refractivity contribution in [3.05, 3.63) is 143 Å². The first-order chi connectivity index (χ1) is 42.0. The van der Waals surface area contributed by atoms with Crippen LogP contribution >= 0.6 is 11.6 Å². The number of rotatable bonds is 34. The van der Waals surface area contributed by atoms with E-state index in [1.54, 1.807) is 62.4 Å². The van der Waals surface area contributed by atoms with E-state index in [4.69, 9.17) is 34.5 Å². The highest BCUT2D eigenvalue weighted by molar-refractivity contribution is 6.30. The van der Waals surface area contributed by atoms with Crippen LogP contribution in [0.1, 0.15) is 81.5 Å². The number of phenolic OH excluding ortho intramolecular Hbond substituents is 1. The van der Waals surface area contributed by atoms with E-state index in [2.05, 4.69) is 36.6 Å². The number of nitrogens with two attached hydrogens (primary N) is 4. The fourth-order valence-electron chi connectivity index (χ4n) is 9.76. The van der Waals surface area contributed by atoms with E-state index in [0.29, 0.717) is 39.3 Å². The molecule has 4 aromatic carbocycles. The number of guanidine groups is 1. The van der Waals surface area contributed by atoms with Gasteiger partial charge in [0.15, 0.2) is 5.96 Å². The molecule has 0 aliphatic rings. The third kappa shape index (κ3) is 21.8. The smallest absolute Gasteiger partial charge is 0.254 e. The molecule has 0 saturated carbocycles. The fourth-order valence-corrected chi connectivity index (χ4v) is 9.89. The predicted octanol–water partition coefficient (Wildman–Crippen LogP) is 1.61. The summed E-state index contributed by atoms with van der Waals surface area (Å²) in [6.07, 6.45) is 3.42. The zero-order chi connectivity index (χ0) is 64.5. The lowest BCUT2D eigenvalue weighted by atomic mass is 9.98. The van der Waals surface area contributed by atoms with Crippen molar-refractivity contribution in [3.8, 4) is 5.75 Å². The molecule has 24 nitrogen and oxygen atoms in total. The lowest BCUT2D eigenvalue weighted by molar-refractivity contribution is -0.155. The maximum atomic E-state index is 15.2. The number of fused-ring (bicyclic) bond motifs is 1. The van der Waals surface area contributed by atoms with Crippen molar-refractivity contribution in [1.82, 2.24) is 41.4 Å². The lowest BCUT2D eigenvalue weighted by Gasteiger charge is -2.34. The Hall–Kier alpha value is -8.84. The average Bonchev–Trinajstić information content (AvgIpc) is 2.15. The van der Waals surface area contributed by atoms with Crippen LogP contribution < -0.4 is 49.5 Å². The van der Waals surface area contributed by atoms with Crippen molar-refractivity contribution >= 4 is 81.9 Å². The number of aliphatic hydroxyl groups is 1. The van der Waals surface area contributed by atoms with Gasteiger partial charge in [0.25, 0.3) is 11.8 Å². The number of carbonyl (C=O) groups excluding carboxylic acids is 9. The third-order valence-electron chi connectivity index (χ3n) is 14.6. The summed E-state index contributed by atoms with van der Waals surface area (Å²) in [5.41, 5.74) is 25.8. The number of nitrogens with one attached hydrogen (secondary N) is 5. The Morgan fingerprint density at radius 1 is 0.648 bits per heavy atom. The van der Waals surface area contributed by atoms with Crippen LogP contribution in [-0.2, 0) is 68.8 Å². The van der Waals surface area contributed by atoms with Crippen LogP contribution in [-0.4, -0.2) is 160 Å². The van der Waals surface area contributed by atoms with Crippen LogP contribution in [0.25, 0.3) is 10.8 Å². The van der Waals surface area contributed by atoms with Gasteiger partial charge in [-0.3, -0.25) is 53.2 Å². The van der Waals surface area contributed by atoms with Gasteiger partial charge < -0.3 is 69.4 Å². The first kappa shape index (κ1) is 69.9. The van der Waals surface area contributed by atoms with Gasteiger partial charge in [0.05, 0.1) is 18.7 Å². The topological polar surface area (TPSA) is 390 Å². The molecule has 88 heavy (non-hydrogen) atoms. The van der Waals surface area contributed by atoms with Crippen molar-refractivity contribution in [2.75, 3.05) is 26.7 Å². The monoisotopic (exact) mass is 1230 g/mol. The van der Waals surface area contributed by atoms with Crippen LogP contribution in [0.5, 0.6) is 5.75 Å². The second-order valence-corrected chi connectivity index (χ2v) is 22.4. The molecule has 15 N–H and O–H groups in total. The normalized spacial score (nSPS) is 13.9. The fraction of sp³-hybridized carbons (Fsp3) is 0.413. The number of hydrogen-bond donors (Lipinski definition) is 11. The molecule has 5 rings (SSSR count). The average molecular weight is 1230 g/mol. The molecule has 5 aromatic rings. The summed E-state index contributed by atoms with van der Waals surface area (Å²) in [4.78, 5) is 138. The number of pyridine rings is 1. The summed E-state index contributed by atoms with van der Waals surface area (Å²) in [7, 11) is 1.41. The number of unbranched alkanes of at least 4 members (excludes halogenated alkanes) is 1. The summed E-state index contributed by atoms with van der Waals surface area (Å²) in [6, 6.07) is 17.5. The maximum Gasteiger partial charge on any atom is 0.254 e. The van der Waals surface area contributed by atoms with E-state index in [9.17, 15) is 43.8 Å². The van der Waals surface area contributed by atoms with Crippen LogP contribution in [0.15, 0.2) is 121 Å². The van der Waals surface area contributed by atoms with Gasteiger partial charge in [-0.05, 0) is 121 Å². The second kappa shape index (κ2) is 35.1. The Bertz CT molecular complexity index is 3190. The summed E-state index contributed by atoms with van der Waals surface area (Å²) >= 11 is 6.20. The third-order valence-corrected chi connectivity index (χ3v) is 14.9. The molecule has 0 unspecified atom stereocenters. The lowest BCUT2D eigenvalue weighted by Crippen LogP contribution is -2.63. The van der Waals surface area contributed by atoms with Crippen molar-refractivity contribution in [2.45, 2.75) is 133 Å². The molecule has 0 saturated heterocycles. The molecule has 0 aliphatic heterocycles. The number of aromatic nitrogens is 1. The molecule has 8 amide bonds. The molecular weight excluding hydrogens is 1150 g/mol. The largest absolute Gasteiger partial charge is 0.508 e. The van der Waals surface area contributed by atoms with Gasteiger partial charge in [-0.25, -0.2) is 0 Å². The standard InChI is InChI=1S/C63H82ClN13O11/c1-38(2)29-53(74-57(83)50(15-10-28-70-63(67)68)71-60(86)55(76(4)39(3)80)34-41-19-24-48(81)25-20-41)61(87)77(47(36-78)14-7-8-26-65)62(88)54(37-79)75-59(85)52(33-43-11-9-27-69-35-43)73-58(84)51(32-40-17-22-46(64)23-18-40)72-56(82)49(66)31-42-16-21-44-12-5-6-13-45(44)30-42/h5-6,9,11-13,16-25,27,30,35-36,38,47,49-55,79,81H,7-8,10,14-15,26,28-29,31-34,37,65-66H2,1-4H3,(H,71,86)(H,72,82)(H,73,84)(H,74,83)(H,75,85)(H4,67,68,70)/t47-,49-,50+,51-,52-,53-,54-,55-/m0/s1. The molecule has 0 fully saturated rings. The summed E-state index contributed by atoms with van der Waals surface area (Å²) in [6.45, 7) is 3.81. The molecule has 25 heteroatoms. The van der Waals surface area contributed by atoms with Gasteiger partial charge in [-0.15, -0.1) is 0 Å². The van der Waals surface area contributed by atoms with Crippen molar-refractivity contribution in [3.63, 3.8) is 0 Å².